The third kappa shape index (κ3) is 4.35. The van der Waals surface area contributed by atoms with Crippen molar-refractivity contribution in [1.82, 2.24) is 10.0 Å². The third-order valence-corrected chi connectivity index (χ3v) is 4.64. The van der Waals surface area contributed by atoms with Crippen LogP contribution in [0.5, 0.6) is 11.5 Å². The summed E-state index contributed by atoms with van der Waals surface area (Å²) >= 11 is 0. The Morgan fingerprint density at radius 2 is 1.95 bits per heavy atom. The Labute approximate surface area is 130 Å². The lowest BCUT2D eigenvalue weighted by Gasteiger charge is -2.10. The standard InChI is InChI=1S/C14H20N2O5S/c1-15-14(17)4-2-7-16-22(18,19)11-5-6-12-13(10-11)21-9-3-8-20-12/h5-6,10,16H,2-4,7-9H2,1H3,(H,15,17). The van der Waals surface area contributed by atoms with E-state index in [9.17, 15) is 13.2 Å². The Morgan fingerprint density at radius 3 is 2.68 bits per heavy atom. The third-order valence-electron chi connectivity index (χ3n) is 3.18. The Kier molecular flexibility index (Phi) is 5.62. The molecule has 1 aromatic carbocycles. The first-order valence-electron chi connectivity index (χ1n) is 7.13. The lowest BCUT2D eigenvalue weighted by Crippen LogP contribution is -2.26. The number of ether oxygens (including phenoxy) is 2. The summed E-state index contributed by atoms with van der Waals surface area (Å²) in [6.07, 6.45) is 1.47. The molecule has 2 N–H and O–H groups in total. The molecule has 22 heavy (non-hydrogen) atoms. The van der Waals surface area contributed by atoms with E-state index in [2.05, 4.69) is 10.0 Å². The average Bonchev–Trinajstić information content (AvgIpc) is 2.75. The highest BCUT2D eigenvalue weighted by atomic mass is 32.2. The molecule has 1 heterocycles. The number of nitrogens with one attached hydrogen (secondary N) is 2. The molecule has 0 aliphatic carbocycles. The van der Waals surface area contributed by atoms with Crippen molar-refractivity contribution in [2.45, 2.75) is 24.2 Å². The Hall–Kier alpha value is -1.80. The summed E-state index contributed by atoms with van der Waals surface area (Å²) in [6, 6.07) is 4.54. The minimum atomic E-state index is -3.63. The summed E-state index contributed by atoms with van der Waals surface area (Å²) in [6.45, 7) is 1.25. The molecule has 0 fully saturated rings. The molecule has 0 unspecified atom stereocenters. The lowest BCUT2D eigenvalue weighted by molar-refractivity contribution is -0.120. The predicted octanol–water partition coefficient (Wildman–Crippen LogP) is 0.652. The van der Waals surface area contributed by atoms with E-state index >= 15 is 0 Å². The van der Waals surface area contributed by atoms with Gasteiger partial charge >= 0.3 is 0 Å². The van der Waals surface area contributed by atoms with Gasteiger partial charge in [0.15, 0.2) is 11.5 Å². The van der Waals surface area contributed by atoms with Crippen LogP contribution in [0.3, 0.4) is 0 Å². The van der Waals surface area contributed by atoms with Gasteiger partial charge in [0.2, 0.25) is 15.9 Å². The van der Waals surface area contributed by atoms with E-state index < -0.39 is 10.0 Å². The van der Waals surface area contributed by atoms with E-state index in [1.807, 2.05) is 0 Å². The van der Waals surface area contributed by atoms with Gasteiger partial charge in [0, 0.05) is 32.5 Å². The molecule has 0 saturated heterocycles. The van der Waals surface area contributed by atoms with Crippen LogP contribution in [-0.4, -0.2) is 41.1 Å². The van der Waals surface area contributed by atoms with Crippen molar-refractivity contribution in [2.75, 3.05) is 26.8 Å². The first kappa shape index (κ1) is 16.6. The lowest BCUT2D eigenvalue weighted by atomic mass is 10.3. The zero-order valence-corrected chi connectivity index (χ0v) is 13.2. The number of amides is 1. The number of fused-ring (bicyclic) bond motifs is 1. The van der Waals surface area contributed by atoms with Gasteiger partial charge in [-0.15, -0.1) is 0 Å². The number of carbonyl (C=O) groups excluding carboxylic acids is 1. The number of carbonyl (C=O) groups is 1. The maximum atomic E-state index is 12.2. The second-order valence-corrected chi connectivity index (χ2v) is 6.60. The molecule has 2 rings (SSSR count). The van der Waals surface area contributed by atoms with Crippen LogP contribution in [0.25, 0.3) is 0 Å². The van der Waals surface area contributed by atoms with Crippen LogP contribution in [0.1, 0.15) is 19.3 Å². The van der Waals surface area contributed by atoms with Crippen molar-refractivity contribution in [2.24, 2.45) is 0 Å². The number of hydrogen-bond donors (Lipinski definition) is 2. The van der Waals surface area contributed by atoms with E-state index in [1.165, 1.54) is 12.1 Å². The molecule has 1 aromatic rings. The zero-order valence-electron chi connectivity index (χ0n) is 12.4. The minimum Gasteiger partial charge on any atom is -0.490 e. The first-order valence-corrected chi connectivity index (χ1v) is 8.61. The summed E-state index contributed by atoms with van der Waals surface area (Å²) in [7, 11) is -2.08. The summed E-state index contributed by atoms with van der Waals surface area (Å²) in [5.74, 6) is 0.872. The Balaban J connectivity index is 2.00. The SMILES string of the molecule is CNC(=O)CCCNS(=O)(=O)c1ccc2c(c1)OCCCO2. The van der Waals surface area contributed by atoms with Gasteiger partial charge in [0.25, 0.3) is 0 Å². The largest absolute Gasteiger partial charge is 0.490 e. The van der Waals surface area contributed by atoms with Crippen molar-refractivity contribution >= 4 is 15.9 Å². The van der Waals surface area contributed by atoms with Crippen LogP contribution < -0.4 is 19.5 Å². The summed E-state index contributed by atoms with van der Waals surface area (Å²) in [4.78, 5) is 11.2. The zero-order chi connectivity index (χ0) is 16.0. The van der Waals surface area contributed by atoms with E-state index in [0.29, 0.717) is 31.1 Å². The van der Waals surface area contributed by atoms with Gasteiger partial charge in [-0.2, -0.15) is 0 Å². The molecule has 0 saturated carbocycles. The van der Waals surface area contributed by atoms with Crippen molar-refractivity contribution in [3.05, 3.63) is 18.2 Å². The highest BCUT2D eigenvalue weighted by Gasteiger charge is 2.18. The smallest absolute Gasteiger partial charge is 0.240 e. The highest BCUT2D eigenvalue weighted by molar-refractivity contribution is 7.89. The quantitative estimate of drug-likeness (QED) is 0.748. The Morgan fingerprint density at radius 1 is 1.23 bits per heavy atom. The molecule has 1 aliphatic rings. The average molecular weight is 328 g/mol. The van der Waals surface area contributed by atoms with Crippen LogP contribution in [0.4, 0.5) is 0 Å². The molecule has 0 radical (unpaired) electrons. The highest BCUT2D eigenvalue weighted by Crippen LogP contribution is 2.31. The van der Waals surface area contributed by atoms with Crippen molar-refractivity contribution in [3.8, 4) is 11.5 Å². The molecular weight excluding hydrogens is 308 g/mol. The maximum absolute atomic E-state index is 12.2. The molecule has 0 spiro atoms. The van der Waals surface area contributed by atoms with Gasteiger partial charge < -0.3 is 14.8 Å². The topological polar surface area (TPSA) is 93.7 Å². The first-order chi connectivity index (χ1) is 10.5. The molecule has 122 valence electrons. The van der Waals surface area contributed by atoms with E-state index in [1.54, 1.807) is 13.1 Å². The second kappa shape index (κ2) is 7.46. The molecule has 0 aromatic heterocycles. The van der Waals surface area contributed by atoms with Gasteiger partial charge in [0.05, 0.1) is 18.1 Å². The normalized spacial score (nSPS) is 14.2. The summed E-state index contributed by atoms with van der Waals surface area (Å²) in [5.41, 5.74) is 0. The molecule has 0 bridgehead atoms. The van der Waals surface area contributed by atoms with Gasteiger partial charge in [0.1, 0.15) is 0 Å². The van der Waals surface area contributed by atoms with Crippen LogP contribution >= 0.6 is 0 Å². The fourth-order valence-electron chi connectivity index (χ4n) is 1.97. The van der Waals surface area contributed by atoms with Crippen LogP contribution in [0, 0.1) is 0 Å². The van der Waals surface area contributed by atoms with E-state index in [4.69, 9.17) is 9.47 Å². The minimum absolute atomic E-state index is 0.116. The van der Waals surface area contributed by atoms with Gasteiger partial charge in [-0.1, -0.05) is 0 Å². The Bertz CT molecular complexity index is 630. The van der Waals surface area contributed by atoms with Gasteiger partial charge in [-0.3, -0.25) is 4.79 Å². The second-order valence-electron chi connectivity index (χ2n) is 4.83. The fraction of sp³-hybridized carbons (Fsp3) is 0.500. The number of benzene rings is 1. The number of rotatable bonds is 6. The van der Waals surface area contributed by atoms with Crippen LogP contribution in [-0.2, 0) is 14.8 Å². The predicted molar refractivity (Wildman–Crippen MR) is 80.5 cm³/mol. The fourth-order valence-corrected chi connectivity index (χ4v) is 3.06. The van der Waals surface area contributed by atoms with Gasteiger partial charge in [-0.05, 0) is 18.6 Å². The number of hydrogen-bond acceptors (Lipinski definition) is 5. The van der Waals surface area contributed by atoms with Crippen LogP contribution in [0.2, 0.25) is 0 Å². The number of sulfonamides is 1. The monoisotopic (exact) mass is 328 g/mol. The van der Waals surface area contributed by atoms with Gasteiger partial charge in [-0.25, -0.2) is 13.1 Å². The van der Waals surface area contributed by atoms with E-state index in [0.717, 1.165) is 6.42 Å². The molecule has 7 nitrogen and oxygen atoms in total. The summed E-state index contributed by atoms with van der Waals surface area (Å²) in [5, 5.41) is 2.49. The molecule has 1 aliphatic heterocycles. The molecular formula is C14H20N2O5S. The van der Waals surface area contributed by atoms with E-state index in [-0.39, 0.29) is 23.8 Å². The molecule has 0 atom stereocenters. The molecule has 8 heteroatoms. The van der Waals surface area contributed by atoms with Crippen LogP contribution in [0.15, 0.2) is 23.1 Å². The van der Waals surface area contributed by atoms with Crippen molar-refractivity contribution in [3.63, 3.8) is 0 Å². The summed E-state index contributed by atoms with van der Waals surface area (Å²) < 4.78 is 37.8. The molecule has 1 amide bonds. The van der Waals surface area contributed by atoms with Crippen molar-refractivity contribution < 1.29 is 22.7 Å². The van der Waals surface area contributed by atoms with Crippen molar-refractivity contribution in [1.29, 1.82) is 0 Å². The maximum Gasteiger partial charge on any atom is 0.240 e.